The lowest BCUT2D eigenvalue weighted by Crippen LogP contribution is -2.68. The summed E-state index contributed by atoms with van der Waals surface area (Å²) < 4.78 is 30.0. The van der Waals surface area contributed by atoms with Crippen LogP contribution < -0.4 is 5.32 Å². The molecule has 0 spiro atoms. The molecule has 8 heteroatoms. The molecule has 0 bridgehead atoms. The largest absolute Gasteiger partial charge is 0.479 e. The molecule has 7 rings (SSSR count). The van der Waals surface area contributed by atoms with Crippen molar-refractivity contribution >= 4 is 15.8 Å². The second-order valence-electron chi connectivity index (χ2n) is 20.8. The number of rotatable bonds is 10. The minimum atomic E-state index is -2.86. The highest BCUT2D eigenvalue weighted by Gasteiger charge is 2.70. The molecular weight excluding hydrogens is 681 g/mol. The molecule has 0 radical (unpaired) electrons. The van der Waals surface area contributed by atoms with Gasteiger partial charge < -0.3 is 20.1 Å². The number of hydrogen-bond donors (Lipinski definition) is 2. The molecule has 1 saturated heterocycles. The van der Waals surface area contributed by atoms with Gasteiger partial charge in [0.2, 0.25) is 0 Å². The van der Waals surface area contributed by atoms with Gasteiger partial charge in [0, 0.05) is 38.3 Å². The molecule has 6 fully saturated rings. The van der Waals surface area contributed by atoms with E-state index in [2.05, 4.69) is 64.4 Å². The molecule has 2 N–H and O–H groups in total. The minimum Gasteiger partial charge on any atom is -0.479 e. The average Bonchev–Trinajstić information content (AvgIpc) is 3.48. The van der Waals surface area contributed by atoms with Gasteiger partial charge in [-0.3, -0.25) is 0 Å². The summed E-state index contributed by atoms with van der Waals surface area (Å²) >= 11 is 0. The predicted octanol–water partition coefficient (Wildman–Crippen LogP) is 8.69. The second-order valence-corrected chi connectivity index (χ2v) is 23.1. The van der Waals surface area contributed by atoms with Gasteiger partial charge in [-0.2, -0.15) is 0 Å². The van der Waals surface area contributed by atoms with Crippen LogP contribution in [0.2, 0.25) is 0 Å². The van der Waals surface area contributed by atoms with Gasteiger partial charge in [0.25, 0.3) is 0 Å². The molecule has 0 aromatic heterocycles. The van der Waals surface area contributed by atoms with E-state index >= 15 is 0 Å². The summed E-state index contributed by atoms with van der Waals surface area (Å²) in [6.07, 6.45) is 18.4. The number of ether oxygens (including phenoxy) is 1. The lowest BCUT2D eigenvalue weighted by molar-refractivity contribution is -0.221. The van der Waals surface area contributed by atoms with Crippen molar-refractivity contribution < 1.29 is 23.1 Å². The molecule has 9 atom stereocenters. The summed E-state index contributed by atoms with van der Waals surface area (Å²) in [4.78, 5) is 14.5. The minimum absolute atomic E-state index is 0.147. The van der Waals surface area contributed by atoms with Crippen molar-refractivity contribution in [3.63, 3.8) is 0 Å². The number of nitrogens with one attached hydrogen (secondary N) is 1. The number of sulfone groups is 1. The van der Waals surface area contributed by atoms with Gasteiger partial charge in [-0.25, -0.2) is 13.2 Å². The first kappa shape index (κ1) is 40.0. The Morgan fingerprint density at radius 1 is 0.925 bits per heavy atom. The first-order valence-corrected chi connectivity index (χ1v) is 23.6. The number of allylic oxidation sites excluding steroid dienone is 3. The highest BCUT2D eigenvalue weighted by Crippen LogP contribution is 2.76. The van der Waals surface area contributed by atoms with E-state index in [-0.39, 0.29) is 16.4 Å². The topological polar surface area (TPSA) is 95.9 Å². The number of nitrogens with zero attached hydrogens (tertiary/aromatic N) is 1. The molecule has 7 aliphatic rings. The van der Waals surface area contributed by atoms with Gasteiger partial charge in [0.1, 0.15) is 0 Å². The van der Waals surface area contributed by atoms with E-state index in [1.807, 2.05) is 6.92 Å². The van der Waals surface area contributed by atoms with Gasteiger partial charge in [-0.05, 0) is 161 Å². The summed E-state index contributed by atoms with van der Waals surface area (Å²) in [5.41, 5.74) is 3.23. The van der Waals surface area contributed by atoms with E-state index in [0.29, 0.717) is 90.4 Å². The number of carboxylic acids is 1. The van der Waals surface area contributed by atoms with Crippen molar-refractivity contribution in [2.24, 2.45) is 57.2 Å². The van der Waals surface area contributed by atoms with Crippen LogP contribution in [0.15, 0.2) is 23.8 Å². The van der Waals surface area contributed by atoms with Gasteiger partial charge in [-0.1, -0.05) is 58.4 Å². The van der Waals surface area contributed by atoms with Crippen molar-refractivity contribution in [2.75, 3.05) is 44.3 Å². The third kappa shape index (κ3) is 6.46. The van der Waals surface area contributed by atoms with Gasteiger partial charge in [0.05, 0.1) is 11.5 Å². The van der Waals surface area contributed by atoms with Crippen LogP contribution in [-0.4, -0.2) is 79.8 Å². The lowest BCUT2D eigenvalue weighted by atomic mass is 9.33. The van der Waals surface area contributed by atoms with Crippen molar-refractivity contribution in [1.29, 1.82) is 0 Å². The van der Waals surface area contributed by atoms with E-state index in [4.69, 9.17) is 4.74 Å². The van der Waals surface area contributed by atoms with Crippen LogP contribution in [0.1, 0.15) is 138 Å². The molecule has 9 unspecified atom stereocenters. The standard InChI is InChI=1S/C45H74N2O5S/c1-9-52-45(39(48)49)20-12-32(13-21-45)30-33-14-17-41(6)36(40(33,4)5)16-18-43(8)37(41)11-10-35-38-34(31(2)3)15-19-44(38,23-22-42(35,43)7)46-24-25-47-26-28-53(50,51)29-27-47/h14,32,34-38,46H,2,9-13,15-30H2,1,3-8H3,(H,48,49). The van der Waals surface area contributed by atoms with Crippen molar-refractivity contribution in [2.45, 2.75) is 149 Å². The Balaban J connectivity index is 1.08. The summed E-state index contributed by atoms with van der Waals surface area (Å²) in [5, 5.41) is 14.2. The molecule has 300 valence electrons. The number of carbonyl (C=O) groups is 1. The fraction of sp³-hybridized carbons (Fsp3) is 0.889. The van der Waals surface area contributed by atoms with Crippen LogP contribution in [-0.2, 0) is 19.4 Å². The van der Waals surface area contributed by atoms with Crippen LogP contribution in [0.3, 0.4) is 0 Å². The lowest BCUT2D eigenvalue weighted by Gasteiger charge is -2.72. The van der Waals surface area contributed by atoms with Crippen molar-refractivity contribution in [1.82, 2.24) is 10.2 Å². The van der Waals surface area contributed by atoms with Gasteiger partial charge >= 0.3 is 5.97 Å². The quantitative estimate of drug-likeness (QED) is 0.216. The third-order valence-corrected chi connectivity index (χ3v) is 20.0. The Labute approximate surface area is 322 Å². The number of fused-ring (bicyclic) bond motifs is 7. The van der Waals surface area contributed by atoms with Crippen LogP contribution in [0.25, 0.3) is 0 Å². The first-order chi connectivity index (χ1) is 24.9. The zero-order valence-corrected chi connectivity index (χ0v) is 35.3. The normalized spacial score (nSPS) is 46.3. The zero-order chi connectivity index (χ0) is 38.2. The zero-order valence-electron chi connectivity index (χ0n) is 34.5. The van der Waals surface area contributed by atoms with E-state index in [1.54, 1.807) is 5.57 Å². The number of aliphatic carboxylic acids is 1. The summed E-state index contributed by atoms with van der Waals surface area (Å²) in [6, 6.07) is 0. The SMILES string of the molecule is C=C(C)C1CCC2(NCCN3CCS(=O)(=O)CC3)CCC3(C)C(CCC4C5(C)CC=C(CC6CCC(OCC)(C(=O)O)CC6)C(C)(C)C5CCC43C)C12. The van der Waals surface area contributed by atoms with Gasteiger partial charge in [-0.15, -0.1) is 0 Å². The Kier molecular flexibility index (Phi) is 10.6. The maximum atomic E-state index is 12.2. The fourth-order valence-electron chi connectivity index (χ4n) is 15.3. The molecular formula is C45H74N2O5S. The Bertz CT molecular complexity index is 1550. The average molecular weight is 755 g/mol. The Hall–Kier alpha value is -1.22. The maximum Gasteiger partial charge on any atom is 0.335 e. The molecule has 0 aromatic carbocycles. The van der Waals surface area contributed by atoms with E-state index in [9.17, 15) is 18.3 Å². The molecule has 0 amide bonds. The highest BCUT2D eigenvalue weighted by atomic mass is 32.2. The molecule has 6 aliphatic carbocycles. The summed E-state index contributed by atoms with van der Waals surface area (Å²) in [7, 11) is -2.86. The van der Waals surface area contributed by atoms with Crippen molar-refractivity contribution in [3.8, 4) is 0 Å². The summed E-state index contributed by atoms with van der Waals surface area (Å²) in [6.45, 7) is 25.8. The molecule has 1 aliphatic heterocycles. The van der Waals surface area contributed by atoms with Crippen LogP contribution >= 0.6 is 0 Å². The second kappa shape index (κ2) is 14.0. The van der Waals surface area contributed by atoms with Crippen LogP contribution in [0.4, 0.5) is 0 Å². The third-order valence-electron chi connectivity index (χ3n) is 18.4. The Morgan fingerprint density at radius 2 is 1.62 bits per heavy atom. The van der Waals surface area contributed by atoms with Crippen molar-refractivity contribution in [3.05, 3.63) is 23.8 Å². The van der Waals surface area contributed by atoms with E-state index < -0.39 is 21.4 Å². The smallest absolute Gasteiger partial charge is 0.335 e. The molecule has 7 nitrogen and oxygen atoms in total. The van der Waals surface area contributed by atoms with Gasteiger partial charge in [0.15, 0.2) is 15.4 Å². The predicted molar refractivity (Wildman–Crippen MR) is 214 cm³/mol. The fourth-order valence-corrected chi connectivity index (χ4v) is 16.5. The van der Waals surface area contributed by atoms with Crippen LogP contribution in [0.5, 0.6) is 0 Å². The molecule has 5 saturated carbocycles. The number of hydrogen-bond acceptors (Lipinski definition) is 6. The molecule has 1 heterocycles. The summed E-state index contributed by atoms with van der Waals surface area (Å²) in [5.74, 6) is 3.64. The van der Waals surface area contributed by atoms with E-state index in [0.717, 1.165) is 32.4 Å². The van der Waals surface area contributed by atoms with Crippen LogP contribution in [0, 0.1) is 57.2 Å². The monoisotopic (exact) mass is 755 g/mol. The molecule has 0 aromatic rings. The number of carboxylic acid groups (broad SMARTS) is 1. The maximum absolute atomic E-state index is 12.2. The Morgan fingerprint density at radius 3 is 2.26 bits per heavy atom. The highest BCUT2D eigenvalue weighted by molar-refractivity contribution is 7.91. The first-order valence-electron chi connectivity index (χ1n) is 21.8. The molecule has 53 heavy (non-hydrogen) atoms. The van der Waals surface area contributed by atoms with E-state index in [1.165, 1.54) is 63.4 Å².